The maximum absolute atomic E-state index is 14.8. The van der Waals surface area contributed by atoms with Gasteiger partial charge in [0.25, 0.3) is 5.91 Å². The van der Waals surface area contributed by atoms with E-state index in [1.165, 1.54) is 18.2 Å². The number of benzene rings is 3. The van der Waals surface area contributed by atoms with E-state index in [9.17, 15) is 28.8 Å². The number of thiol groups is 1. The summed E-state index contributed by atoms with van der Waals surface area (Å²) >= 11 is 11.2. The average Bonchev–Trinajstić information content (AvgIpc) is 3.34. The van der Waals surface area contributed by atoms with Gasteiger partial charge in [0, 0.05) is 55.2 Å². The molecule has 13 nitrogen and oxygen atoms in total. The van der Waals surface area contributed by atoms with Gasteiger partial charge in [-0.1, -0.05) is 25.4 Å². The Morgan fingerprint density at radius 2 is 1.78 bits per heavy atom. The van der Waals surface area contributed by atoms with Crippen molar-refractivity contribution in [3.63, 3.8) is 0 Å². The van der Waals surface area contributed by atoms with Gasteiger partial charge in [-0.15, -0.1) is 12.6 Å². The van der Waals surface area contributed by atoms with E-state index >= 15 is 0 Å². The molecule has 58 heavy (non-hydrogen) atoms. The van der Waals surface area contributed by atoms with Crippen LogP contribution >= 0.6 is 24.2 Å². The molecule has 6 rings (SSSR count). The van der Waals surface area contributed by atoms with Crippen molar-refractivity contribution in [2.45, 2.75) is 89.5 Å². The van der Waals surface area contributed by atoms with Gasteiger partial charge in [0.1, 0.15) is 35.8 Å². The lowest BCUT2D eigenvalue weighted by Gasteiger charge is -2.44. The Morgan fingerprint density at radius 1 is 1.07 bits per heavy atom. The average molecular weight is 833 g/mol. The molecular weight excluding hydrogens is 783 g/mol. The third kappa shape index (κ3) is 9.05. The minimum atomic E-state index is -0.933. The molecule has 3 aliphatic rings. The van der Waals surface area contributed by atoms with Crippen LogP contribution in [0.4, 0.5) is 27.1 Å². The summed E-state index contributed by atoms with van der Waals surface area (Å²) in [5.74, 6) is -0.984. The summed E-state index contributed by atoms with van der Waals surface area (Å²) in [6, 6.07) is 16.5. The highest BCUT2D eigenvalue weighted by Crippen LogP contribution is 2.43. The van der Waals surface area contributed by atoms with E-state index in [0.717, 1.165) is 17.0 Å². The smallest absolute Gasteiger partial charge is 0.254 e. The largest absolute Gasteiger partial charge is 0.492 e. The molecular formula is C42H50ClFN8O5S. The lowest BCUT2D eigenvalue weighted by molar-refractivity contribution is -0.133. The number of carbonyl (C=O) groups excluding carboxylic acids is 4. The minimum absolute atomic E-state index is 0.00527. The van der Waals surface area contributed by atoms with Gasteiger partial charge in [0.05, 0.1) is 22.8 Å². The number of rotatable bonds is 12. The molecule has 2 unspecified atom stereocenters. The molecule has 0 aromatic heterocycles. The number of halogens is 2. The lowest BCUT2D eigenvalue weighted by Crippen LogP contribution is -2.58. The van der Waals surface area contributed by atoms with Crippen LogP contribution in [0.5, 0.6) is 5.75 Å². The van der Waals surface area contributed by atoms with Gasteiger partial charge >= 0.3 is 0 Å². The van der Waals surface area contributed by atoms with Crippen LogP contribution in [0.1, 0.15) is 71.4 Å². The van der Waals surface area contributed by atoms with Gasteiger partial charge in [0.15, 0.2) is 5.50 Å². The van der Waals surface area contributed by atoms with E-state index in [1.807, 2.05) is 30.9 Å². The normalized spacial score (nSPS) is 22.5. The van der Waals surface area contributed by atoms with Gasteiger partial charge < -0.3 is 20.3 Å². The van der Waals surface area contributed by atoms with Gasteiger partial charge in [-0.05, 0) is 100 Å². The van der Waals surface area contributed by atoms with Crippen LogP contribution in [0.3, 0.4) is 0 Å². The predicted molar refractivity (Wildman–Crippen MR) is 226 cm³/mol. The zero-order valence-corrected chi connectivity index (χ0v) is 35.2. The van der Waals surface area contributed by atoms with Crippen LogP contribution in [0.25, 0.3) is 0 Å². The molecule has 3 saturated heterocycles. The monoisotopic (exact) mass is 832 g/mol. The van der Waals surface area contributed by atoms with E-state index in [0.29, 0.717) is 49.6 Å². The van der Waals surface area contributed by atoms with Crippen LogP contribution in [-0.4, -0.2) is 95.4 Å². The Bertz CT molecular complexity index is 2120. The van der Waals surface area contributed by atoms with Crippen LogP contribution < -0.4 is 30.5 Å². The van der Waals surface area contributed by atoms with Crippen LogP contribution in [0.15, 0.2) is 54.6 Å². The van der Waals surface area contributed by atoms with Gasteiger partial charge in [-0.2, -0.15) is 5.26 Å². The predicted octanol–water partition coefficient (Wildman–Crippen LogP) is 5.95. The second kappa shape index (κ2) is 17.5. The molecule has 3 aliphatic heterocycles. The number of piperidine rings is 1. The number of carbonyl (C=O) groups is 4. The maximum Gasteiger partial charge on any atom is 0.254 e. The third-order valence-electron chi connectivity index (χ3n) is 11.0. The highest BCUT2D eigenvalue weighted by Gasteiger charge is 2.51. The first-order chi connectivity index (χ1) is 27.5. The topological polar surface area (TPSA) is 150 Å². The zero-order valence-electron chi connectivity index (χ0n) is 33.5. The van der Waals surface area contributed by atoms with Crippen molar-refractivity contribution in [2.75, 3.05) is 53.2 Å². The maximum atomic E-state index is 14.8. The summed E-state index contributed by atoms with van der Waals surface area (Å²) in [5, 5.41) is 17.6. The van der Waals surface area contributed by atoms with E-state index in [1.54, 1.807) is 23.1 Å². The first kappa shape index (κ1) is 42.7. The highest BCUT2D eigenvalue weighted by molar-refractivity contribution is 7.81. The molecule has 0 spiro atoms. The molecule has 0 bridgehead atoms. The third-order valence-corrected chi connectivity index (χ3v) is 11.8. The Morgan fingerprint density at radius 3 is 2.43 bits per heavy atom. The number of hydrogen-bond acceptors (Lipinski definition) is 11. The number of anilines is 4. The van der Waals surface area contributed by atoms with Crippen molar-refractivity contribution < 1.29 is 28.3 Å². The number of amides is 4. The fourth-order valence-electron chi connectivity index (χ4n) is 7.97. The Labute approximate surface area is 349 Å². The molecule has 3 N–H and O–H groups in total. The van der Waals surface area contributed by atoms with Gasteiger partial charge in [-0.25, -0.2) is 4.39 Å². The summed E-state index contributed by atoms with van der Waals surface area (Å²) < 4.78 is 21.2. The van der Waals surface area contributed by atoms with E-state index in [-0.39, 0.29) is 59.4 Å². The van der Waals surface area contributed by atoms with Crippen molar-refractivity contribution in [1.82, 2.24) is 15.1 Å². The van der Waals surface area contributed by atoms with Crippen molar-refractivity contribution in [2.24, 2.45) is 0 Å². The van der Waals surface area contributed by atoms with E-state index < -0.39 is 28.8 Å². The fraction of sp³-hybridized carbons (Fsp3) is 0.452. The lowest BCUT2D eigenvalue weighted by atomic mass is 9.98. The Kier molecular flexibility index (Phi) is 12.9. The van der Waals surface area contributed by atoms with E-state index in [4.69, 9.17) is 29.0 Å². The quantitative estimate of drug-likeness (QED) is 0.128. The highest BCUT2D eigenvalue weighted by atomic mass is 35.5. The van der Waals surface area contributed by atoms with Crippen molar-refractivity contribution in [1.29, 1.82) is 5.26 Å². The minimum Gasteiger partial charge on any atom is -0.492 e. The Balaban J connectivity index is 1.04. The molecule has 4 atom stereocenters. The summed E-state index contributed by atoms with van der Waals surface area (Å²) in [5.41, 5.74) is 1.59. The number of nitrogens with one attached hydrogen (secondary N) is 3. The molecule has 0 radical (unpaired) electrons. The van der Waals surface area contributed by atoms with Crippen molar-refractivity contribution in [3.05, 3.63) is 76.6 Å². The fourth-order valence-corrected chi connectivity index (χ4v) is 8.85. The standard InChI is InChI=1S/C42H50ClFN8O5S/c1-24(2)31-18-30(52-41(58)51(40(56)42(52,5)6)29-9-7-27(20-45)32(43)19-29)10-13-36(31)57-16-15-49-21-25(3)50(26(4)22-49)23-38(54)47-35-17-28(8-11-33(35)44)46-34-12-14-37(53)48-39(34)55/h7-11,13,17-19,24-26,34,41,46,58H,12,14-16,21-23H2,1-6H3,(H,47,54)(H,48,53,55)/t25-,26+,34?,41?. The van der Waals surface area contributed by atoms with Gasteiger partial charge in [-0.3, -0.25) is 39.2 Å². The second-order valence-corrected chi connectivity index (χ2v) is 16.8. The molecule has 3 heterocycles. The molecule has 3 fully saturated rings. The van der Waals surface area contributed by atoms with Crippen LogP contribution in [0, 0.1) is 17.1 Å². The molecule has 0 saturated carbocycles. The number of nitrogens with zero attached hydrogens (tertiary/aromatic N) is 5. The van der Waals surface area contributed by atoms with Crippen LogP contribution in [-0.2, 0) is 19.2 Å². The molecule has 16 heteroatoms. The molecule has 3 aromatic carbocycles. The SMILES string of the molecule is CC(C)c1cc(N2C(S)N(c3ccc(C#N)c(Cl)c3)C(=O)C2(C)C)ccc1OCCN1C[C@@H](C)N(CC(=O)Nc2cc(NC3CCC(=O)NC3=O)ccc2F)[C@@H](C)C1. The number of ether oxygens (including phenoxy) is 1. The van der Waals surface area contributed by atoms with Crippen molar-refractivity contribution in [3.8, 4) is 11.8 Å². The number of nitriles is 1. The second-order valence-electron chi connectivity index (χ2n) is 16.0. The first-order valence-corrected chi connectivity index (χ1v) is 20.3. The summed E-state index contributed by atoms with van der Waals surface area (Å²) in [4.78, 5) is 58.6. The summed E-state index contributed by atoms with van der Waals surface area (Å²) in [7, 11) is 0. The summed E-state index contributed by atoms with van der Waals surface area (Å²) in [6.45, 7) is 14.6. The van der Waals surface area contributed by atoms with E-state index in [2.05, 4.69) is 65.6 Å². The number of hydrogen-bond donors (Lipinski definition) is 4. The zero-order chi connectivity index (χ0) is 42.1. The van der Waals surface area contributed by atoms with Gasteiger partial charge in [0.2, 0.25) is 17.7 Å². The number of piperazine rings is 1. The Hall–Kier alpha value is -4.88. The first-order valence-electron chi connectivity index (χ1n) is 19.4. The van der Waals surface area contributed by atoms with Crippen molar-refractivity contribution >= 4 is 70.6 Å². The molecule has 308 valence electrons. The molecule has 3 aromatic rings. The number of imide groups is 1. The summed E-state index contributed by atoms with van der Waals surface area (Å²) in [6.07, 6.45) is 0.528. The van der Waals surface area contributed by atoms with Crippen LogP contribution in [0.2, 0.25) is 5.02 Å². The molecule has 4 amide bonds. The molecule has 0 aliphatic carbocycles.